The molecule has 2 saturated heterocycles. The first-order valence-corrected chi connectivity index (χ1v) is 15.1. The molecule has 38 heavy (non-hydrogen) atoms. The summed E-state index contributed by atoms with van der Waals surface area (Å²) in [5.74, 6) is -0.334. The van der Waals surface area contributed by atoms with Crippen molar-refractivity contribution in [2.75, 3.05) is 11.5 Å². The molecule has 5 N–H and O–H groups in total. The third-order valence-electron chi connectivity index (χ3n) is 6.58. The Balaban J connectivity index is 0.000000396. The molecule has 0 aromatic heterocycles. The minimum atomic E-state index is -0.853. The molecule has 216 valence electrons. The number of carbonyl (C=O) groups is 3. The molecule has 0 spiro atoms. The number of rotatable bonds is 15. The van der Waals surface area contributed by atoms with Crippen LogP contribution in [0.1, 0.15) is 79.6 Å². The highest BCUT2D eigenvalue weighted by Crippen LogP contribution is 2.33. The van der Waals surface area contributed by atoms with Crippen molar-refractivity contribution in [3.63, 3.8) is 0 Å². The topological polar surface area (TPSA) is 128 Å². The van der Waals surface area contributed by atoms with Crippen LogP contribution in [0.2, 0.25) is 0 Å². The van der Waals surface area contributed by atoms with Gasteiger partial charge in [-0.3, -0.25) is 14.9 Å². The molecule has 2 rings (SSSR count). The number of aliphatic carboxylic acids is 2. The summed E-state index contributed by atoms with van der Waals surface area (Å²) in [6.07, 6.45) is 12.2. The lowest BCUT2D eigenvalue weighted by atomic mass is 10.0. The number of amides is 2. The van der Waals surface area contributed by atoms with Crippen LogP contribution < -0.4 is 16.0 Å². The number of carboxylic acid groups (broad SMARTS) is 2. The van der Waals surface area contributed by atoms with E-state index in [1.807, 2.05) is 18.7 Å². The number of hydrogen-bond donors (Lipinski definition) is 6. The minimum absolute atomic E-state index is 0.0242. The molecule has 8 nitrogen and oxygen atoms in total. The van der Waals surface area contributed by atoms with Crippen LogP contribution in [-0.4, -0.2) is 69.1 Å². The molecule has 0 aromatic rings. The van der Waals surface area contributed by atoms with Gasteiger partial charge in [-0.2, -0.15) is 24.4 Å². The number of unbranched alkanes of at least 4 members (excludes halogenated alkanes) is 1. The van der Waals surface area contributed by atoms with Gasteiger partial charge in [0.25, 0.3) is 0 Å². The number of thiol groups is 1. The fourth-order valence-electron chi connectivity index (χ4n) is 4.37. The largest absolute Gasteiger partial charge is 0.481 e. The molecule has 2 amide bonds. The van der Waals surface area contributed by atoms with E-state index >= 15 is 0 Å². The Labute approximate surface area is 238 Å². The Kier molecular flexibility index (Phi) is 16.5. The first-order chi connectivity index (χ1) is 18.0. The quantitative estimate of drug-likeness (QED) is 0.0695. The molecule has 2 fully saturated rings. The molecule has 5 atom stereocenters. The number of carboxylic acids is 2. The Morgan fingerprint density at radius 2 is 1.84 bits per heavy atom. The molecule has 0 aliphatic carbocycles. The molecule has 2 aliphatic heterocycles. The summed E-state index contributed by atoms with van der Waals surface area (Å²) in [4.78, 5) is 32.7. The Morgan fingerprint density at radius 3 is 2.42 bits per heavy atom. The zero-order valence-corrected chi connectivity index (χ0v) is 25.2. The molecular formula is C28H47N3O5S2. The smallest absolute Gasteiger partial charge is 0.321 e. The van der Waals surface area contributed by atoms with Crippen molar-refractivity contribution in [2.24, 2.45) is 0 Å². The van der Waals surface area contributed by atoms with Crippen molar-refractivity contribution in [1.29, 1.82) is 0 Å². The van der Waals surface area contributed by atoms with E-state index in [2.05, 4.69) is 74.5 Å². The fraction of sp³-hybridized carbons (Fsp3) is 0.679. The summed E-state index contributed by atoms with van der Waals surface area (Å²) < 4.78 is 0. The number of allylic oxidation sites excluding steroid dienone is 4. The maximum atomic E-state index is 11.2. The van der Waals surface area contributed by atoms with Gasteiger partial charge in [0, 0.05) is 29.2 Å². The monoisotopic (exact) mass is 569 g/mol. The summed E-state index contributed by atoms with van der Waals surface area (Å²) in [6, 6.07) is -0.161. The third-order valence-corrected chi connectivity index (χ3v) is 8.45. The van der Waals surface area contributed by atoms with Crippen molar-refractivity contribution >= 4 is 42.4 Å². The van der Waals surface area contributed by atoms with Gasteiger partial charge in [0.05, 0.1) is 12.1 Å². The second-order valence-corrected chi connectivity index (χ2v) is 11.9. The first kappa shape index (κ1) is 34.1. The van der Waals surface area contributed by atoms with Gasteiger partial charge < -0.3 is 20.8 Å². The van der Waals surface area contributed by atoms with Gasteiger partial charge >= 0.3 is 18.0 Å². The van der Waals surface area contributed by atoms with E-state index in [0.29, 0.717) is 5.25 Å². The second kappa shape index (κ2) is 18.4. The lowest BCUT2D eigenvalue weighted by molar-refractivity contribution is -0.139. The second-order valence-electron chi connectivity index (χ2n) is 10.3. The Hall–Kier alpha value is -1.91. The average molecular weight is 570 g/mol. The molecule has 2 heterocycles. The van der Waals surface area contributed by atoms with E-state index in [0.717, 1.165) is 44.3 Å². The van der Waals surface area contributed by atoms with Crippen molar-refractivity contribution in [3.05, 3.63) is 34.9 Å². The van der Waals surface area contributed by atoms with Crippen LogP contribution in [0.3, 0.4) is 0 Å². The van der Waals surface area contributed by atoms with E-state index in [-0.39, 0.29) is 36.3 Å². The highest BCUT2D eigenvalue weighted by atomic mass is 32.2. The summed E-state index contributed by atoms with van der Waals surface area (Å²) >= 11 is 6.00. The van der Waals surface area contributed by atoms with Crippen LogP contribution in [0.4, 0.5) is 4.79 Å². The first-order valence-electron chi connectivity index (χ1n) is 13.4. The van der Waals surface area contributed by atoms with Gasteiger partial charge in [0.1, 0.15) is 6.04 Å². The van der Waals surface area contributed by atoms with Gasteiger partial charge in [-0.25, -0.2) is 4.79 Å². The molecule has 2 aliphatic rings. The van der Waals surface area contributed by atoms with Gasteiger partial charge in [-0.15, -0.1) is 0 Å². The SMILES string of the molecule is CC=C(C)CC(C=C(C)CCC=C(C)C)N[C@@H](CS)C(=O)O.O=C(O)CCCC[C@@H]1SC[C@@H]2NC(=O)N[C@@H]21. The normalized spacial score (nSPS) is 22.4. The molecule has 0 aromatic carbocycles. The van der Waals surface area contributed by atoms with E-state index in [4.69, 9.17) is 5.11 Å². The van der Waals surface area contributed by atoms with Crippen LogP contribution in [0.15, 0.2) is 34.9 Å². The number of carbonyl (C=O) groups excluding carboxylic acids is 1. The number of thioether (sulfide) groups is 1. The lowest BCUT2D eigenvalue weighted by Crippen LogP contribution is -2.44. The average Bonchev–Trinajstić information content (AvgIpc) is 3.39. The highest BCUT2D eigenvalue weighted by Gasteiger charge is 2.42. The molecule has 0 radical (unpaired) electrons. The number of nitrogens with one attached hydrogen (secondary N) is 3. The van der Waals surface area contributed by atoms with Crippen LogP contribution in [0.5, 0.6) is 0 Å². The van der Waals surface area contributed by atoms with Crippen LogP contribution >= 0.6 is 24.4 Å². The van der Waals surface area contributed by atoms with Crippen molar-refractivity contribution in [2.45, 2.75) is 109 Å². The standard InChI is InChI=1S/C18H31NO2S.C10H16N2O3S/c1-6-14(4)10-16(19-17(12-22)18(20)21)11-15(5)9-7-8-13(2)3;13-8(14)4-2-1-3-7-9-6(5-16-7)11-10(15)12-9/h6,8,11,16-17,19,22H,7,9-10,12H2,1-5H3,(H,20,21);6-7,9H,1-5H2,(H,13,14)(H2,11,12,15)/t16?,17-;6-,7-,9-/m00/s1. The molecule has 0 bridgehead atoms. The maximum Gasteiger partial charge on any atom is 0.321 e. The van der Waals surface area contributed by atoms with Gasteiger partial charge in [0.15, 0.2) is 0 Å². The van der Waals surface area contributed by atoms with E-state index < -0.39 is 18.0 Å². The summed E-state index contributed by atoms with van der Waals surface area (Å²) in [7, 11) is 0. The molecule has 10 heteroatoms. The van der Waals surface area contributed by atoms with E-state index in [1.54, 1.807) is 0 Å². The number of hydrogen-bond acceptors (Lipinski definition) is 6. The third kappa shape index (κ3) is 13.8. The fourth-order valence-corrected chi connectivity index (χ4v) is 6.18. The van der Waals surface area contributed by atoms with Gasteiger partial charge in [0.2, 0.25) is 0 Å². The minimum Gasteiger partial charge on any atom is -0.481 e. The van der Waals surface area contributed by atoms with Crippen molar-refractivity contribution in [1.82, 2.24) is 16.0 Å². The van der Waals surface area contributed by atoms with Crippen molar-refractivity contribution in [3.8, 4) is 0 Å². The predicted molar refractivity (Wildman–Crippen MR) is 160 cm³/mol. The number of fused-ring (bicyclic) bond motifs is 1. The highest BCUT2D eigenvalue weighted by molar-refractivity contribution is 8.00. The zero-order chi connectivity index (χ0) is 28.7. The predicted octanol–water partition coefficient (Wildman–Crippen LogP) is 5.17. The van der Waals surface area contributed by atoms with Crippen LogP contribution in [0.25, 0.3) is 0 Å². The van der Waals surface area contributed by atoms with Gasteiger partial charge in [-0.05, 0) is 66.7 Å². The van der Waals surface area contributed by atoms with E-state index in [9.17, 15) is 19.5 Å². The summed E-state index contributed by atoms with van der Waals surface area (Å²) in [5.41, 5.74) is 3.85. The van der Waals surface area contributed by atoms with Crippen molar-refractivity contribution < 1.29 is 24.6 Å². The van der Waals surface area contributed by atoms with E-state index in [1.165, 1.54) is 16.7 Å². The zero-order valence-electron chi connectivity index (χ0n) is 23.5. The molecule has 0 saturated carbocycles. The van der Waals surface area contributed by atoms with Crippen LogP contribution in [0, 0.1) is 0 Å². The lowest BCUT2D eigenvalue weighted by Gasteiger charge is -2.21. The summed E-state index contributed by atoms with van der Waals surface area (Å²) in [6.45, 7) is 10.4. The van der Waals surface area contributed by atoms with Crippen LogP contribution in [-0.2, 0) is 9.59 Å². The Morgan fingerprint density at radius 1 is 1.13 bits per heavy atom. The summed E-state index contributed by atoms with van der Waals surface area (Å²) in [5, 5.41) is 27.2. The molecule has 1 unspecified atom stereocenters. The van der Waals surface area contributed by atoms with Gasteiger partial charge in [-0.1, -0.05) is 41.4 Å². The molecular weight excluding hydrogens is 522 g/mol. The number of urea groups is 1. The Bertz CT molecular complexity index is 871. The maximum absolute atomic E-state index is 11.2.